The van der Waals surface area contributed by atoms with Crippen LogP contribution < -0.4 is 0 Å². The SMILES string of the molecule is c1ccc(C2=Nc3ccccc3CO2)cc1. The van der Waals surface area contributed by atoms with Gasteiger partial charge in [-0.25, -0.2) is 4.99 Å². The Balaban J connectivity index is 2.04. The molecule has 16 heavy (non-hydrogen) atoms. The zero-order valence-electron chi connectivity index (χ0n) is 8.76. The molecule has 3 rings (SSSR count). The number of para-hydroxylation sites is 1. The summed E-state index contributed by atoms with van der Waals surface area (Å²) in [6.07, 6.45) is 0. The maximum atomic E-state index is 5.64. The van der Waals surface area contributed by atoms with Crippen LogP contribution in [0.3, 0.4) is 0 Å². The average Bonchev–Trinajstić information content (AvgIpc) is 2.39. The summed E-state index contributed by atoms with van der Waals surface area (Å²) in [5.41, 5.74) is 3.17. The number of hydrogen-bond donors (Lipinski definition) is 0. The van der Waals surface area contributed by atoms with Gasteiger partial charge in [0.05, 0.1) is 5.69 Å². The highest BCUT2D eigenvalue weighted by molar-refractivity contribution is 5.96. The zero-order chi connectivity index (χ0) is 10.8. The number of nitrogens with zero attached hydrogens (tertiary/aromatic N) is 1. The molecule has 0 amide bonds. The standard InChI is InChI=1S/C14H11NO/c1-2-6-11(7-3-1)14-15-13-9-5-4-8-12(13)10-16-14/h1-9H,10H2. The van der Waals surface area contributed by atoms with Crippen molar-refractivity contribution in [1.29, 1.82) is 0 Å². The van der Waals surface area contributed by atoms with Crippen molar-refractivity contribution in [1.82, 2.24) is 0 Å². The fourth-order valence-corrected chi connectivity index (χ4v) is 1.76. The number of ether oxygens (including phenoxy) is 1. The van der Waals surface area contributed by atoms with Crippen LogP contribution in [0.1, 0.15) is 11.1 Å². The van der Waals surface area contributed by atoms with Crippen molar-refractivity contribution in [3.05, 3.63) is 65.7 Å². The Bertz CT molecular complexity index is 531. The summed E-state index contributed by atoms with van der Waals surface area (Å²) in [4.78, 5) is 4.51. The number of rotatable bonds is 1. The first-order valence-corrected chi connectivity index (χ1v) is 5.28. The van der Waals surface area contributed by atoms with E-state index in [1.165, 1.54) is 0 Å². The van der Waals surface area contributed by atoms with Gasteiger partial charge in [-0.2, -0.15) is 0 Å². The van der Waals surface area contributed by atoms with Crippen molar-refractivity contribution in [3.8, 4) is 0 Å². The van der Waals surface area contributed by atoms with Crippen LogP contribution in [-0.4, -0.2) is 5.90 Å². The fourth-order valence-electron chi connectivity index (χ4n) is 1.76. The molecule has 0 atom stereocenters. The summed E-state index contributed by atoms with van der Waals surface area (Å²) in [6.45, 7) is 0.601. The van der Waals surface area contributed by atoms with Crippen molar-refractivity contribution in [3.63, 3.8) is 0 Å². The molecule has 1 heterocycles. The van der Waals surface area contributed by atoms with E-state index in [2.05, 4.69) is 4.99 Å². The van der Waals surface area contributed by atoms with Crippen molar-refractivity contribution >= 4 is 11.6 Å². The van der Waals surface area contributed by atoms with Gasteiger partial charge in [-0.3, -0.25) is 0 Å². The van der Waals surface area contributed by atoms with E-state index in [1.807, 2.05) is 54.6 Å². The van der Waals surface area contributed by atoms with Gasteiger partial charge in [0.15, 0.2) is 0 Å². The Hall–Kier alpha value is -2.09. The number of benzene rings is 2. The van der Waals surface area contributed by atoms with E-state index in [9.17, 15) is 0 Å². The van der Waals surface area contributed by atoms with Gasteiger partial charge in [-0.05, 0) is 18.2 Å². The molecular formula is C14H11NO. The molecule has 0 saturated heterocycles. The zero-order valence-corrected chi connectivity index (χ0v) is 8.76. The molecule has 2 aromatic rings. The molecule has 78 valence electrons. The predicted molar refractivity (Wildman–Crippen MR) is 63.9 cm³/mol. The molecule has 0 radical (unpaired) electrons. The Morgan fingerprint density at radius 1 is 0.875 bits per heavy atom. The van der Waals surface area contributed by atoms with Crippen LogP contribution >= 0.6 is 0 Å². The Labute approximate surface area is 94.2 Å². The van der Waals surface area contributed by atoms with Crippen molar-refractivity contribution < 1.29 is 4.74 Å². The highest BCUT2D eigenvalue weighted by Crippen LogP contribution is 2.25. The van der Waals surface area contributed by atoms with E-state index in [4.69, 9.17) is 4.74 Å². The molecule has 0 fully saturated rings. The smallest absolute Gasteiger partial charge is 0.221 e. The van der Waals surface area contributed by atoms with Gasteiger partial charge >= 0.3 is 0 Å². The van der Waals surface area contributed by atoms with Crippen LogP contribution in [0.5, 0.6) is 0 Å². The lowest BCUT2D eigenvalue weighted by molar-refractivity contribution is 0.288. The van der Waals surface area contributed by atoms with Gasteiger partial charge in [-0.1, -0.05) is 36.4 Å². The van der Waals surface area contributed by atoms with E-state index in [0.717, 1.165) is 16.8 Å². The fraction of sp³-hybridized carbons (Fsp3) is 0.0714. The monoisotopic (exact) mass is 209 g/mol. The Morgan fingerprint density at radius 3 is 2.50 bits per heavy atom. The lowest BCUT2D eigenvalue weighted by Crippen LogP contribution is -2.10. The third-order valence-electron chi connectivity index (χ3n) is 2.60. The highest BCUT2D eigenvalue weighted by Gasteiger charge is 2.13. The topological polar surface area (TPSA) is 21.6 Å². The Kier molecular flexibility index (Phi) is 2.18. The van der Waals surface area contributed by atoms with Gasteiger partial charge in [0, 0.05) is 11.1 Å². The summed E-state index contributed by atoms with van der Waals surface area (Å²) in [5.74, 6) is 0.708. The van der Waals surface area contributed by atoms with Crippen LogP contribution in [0.15, 0.2) is 59.6 Å². The van der Waals surface area contributed by atoms with Crippen molar-refractivity contribution in [2.24, 2.45) is 4.99 Å². The molecule has 2 aromatic carbocycles. The van der Waals surface area contributed by atoms with Gasteiger partial charge in [0.1, 0.15) is 6.61 Å². The van der Waals surface area contributed by atoms with E-state index in [0.29, 0.717) is 12.5 Å². The van der Waals surface area contributed by atoms with Gasteiger partial charge in [0.25, 0.3) is 0 Å². The molecule has 0 bridgehead atoms. The average molecular weight is 209 g/mol. The minimum absolute atomic E-state index is 0.601. The minimum atomic E-state index is 0.601. The molecular weight excluding hydrogens is 198 g/mol. The van der Waals surface area contributed by atoms with E-state index in [1.54, 1.807) is 0 Å². The lowest BCUT2D eigenvalue weighted by atomic mass is 10.1. The third kappa shape index (κ3) is 1.58. The lowest BCUT2D eigenvalue weighted by Gasteiger charge is -2.16. The number of aliphatic imine (C=N–C) groups is 1. The van der Waals surface area contributed by atoms with Gasteiger partial charge in [0.2, 0.25) is 5.90 Å². The first-order chi connectivity index (χ1) is 7.93. The molecule has 0 saturated carbocycles. The molecule has 1 aliphatic rings. The maximum Gasteiger partial charge on any atom is 0.221 e. The first-order valence-electron chi connectivity index (χ1n) is 5.28. The van der Waals surface area contributed by atoms with E-state index in [-0.39, 0.29) is 0 Å². The number of hydrogen-bond acceptors (Lipinski definition) is 2. The predicted octanol–water partition coefficient (Wildman–Crippen LogP) is 3.30. The highest BCUT2D eigenvalue weighted by atomic mass is 16.5. The van der Waals surface area contributed by atoms with Crippen LogP contribution in [0.4, 0.5) is 5.69 Å². The maximum absolute atomic E-state index is 5.64. The Morgan fingerprint density at radius 2 is 1.62 bits per heavy atom. The second-order valence-electron chi connectivity index (χ2n) is 3.70. The van der Waals surface area contributed by atoms with Crippen LogP contribution in [0.25, 0.3) is 0 Å². The molecule has 0 spiro atoms. The third-order valence-corrected chi connectivity index (χ3v) is 2.60. The molecule has 1 aliphatic heterocycles. The summed E-state index contributed by atoms with van der Waals surface area (Å²) in [5, 5.41) is 0. The van der Waals surface area contributed by atoms with Crippen LogP contribution in [0.2, 0.25) is 0 Å². The van der Waals surface area contributed by atoms with Crippen LogP contribution in [0, 0.1) is 0 Å². The normalized spacial score (nSPS) is 13.6. The molecule has 0 unspecified atom stereocenters. The summed E-state index contributed by atoms with van der Waals surface area (Å²) >= 11 is 0. The first kappa shape index (κ1) is 9.16. The largest absolute Gasteiger partial charge is 0.472 e. The van der Waals surface area contributed by atoms with E-state index < -0.39 is 0 Å². The molecule has 2 nitrogen and oxygen atoms in total. The van der Waals surface area contributed by atoms with Gasteiger partial charge < -0.3 is 4.74 Å². The van der Waals surface area contributed by atoms with Crippen molar-refractivity contribution in [2.45, 2.75) is 6.61 Å². The molecule has 0 aromatic heterocycles. The summed E-state index contributed by atoms with van der Waals surface area (Å²) in [7, 11) is 0. The minimum Gasteiger partial charge on any atom is -0.472 e. The number of fused-ring (bicyclic) bond motifs is 1. The quantitative estimate of drug-likeness (QED) is 0.706. The molecule has 2 heteroatoms. The van der Waals surface area contributed by atoms with Crippen molar-refractivity contribution in [2.75, 3.05) is 0 Å². The summed E-state index contributed by atoms with van der Waals surface area (Å²) < 4.78 is 5.64. The second kappa shape index (κ2) is 3.81. The van der Waals surface area contributed by atoms with E-state index >= 15 is 0 Å². The van der Waals surface area contributed by atoms with Gasteiger partial charge in [-0.15, -0.1) is 0 Å². The second-order valence-corrected chi connectivity index (χ2v) is 3.70. The summed E-state index contributed by atoms with van der Waals surface area (Å²) in [6, 6.07) is 18.0. The molecule has 0 N–H and O–H groups in total. The van der Waals surface area contributed by atoms with Crippen LogP contribution in [-0.2, 0) is 11.3 Å². The molecule has 0 aliphatic carbocycles.